The maximum Gasteiger partial charge on any atom is 0.336 e. The number of allylic oxidation sites excluding steroid dienone is 1. The smallest absolute Gasteiger partial charge is 0.336 e. The molecule has 9 heteroatoms. The summed E-state index contributed by atoms with van der Waals surface area (Å²) in [5.41, 5.74) is 1.62. The first kappa shape index (κ1) is 22.6. The van der Waals surface area contributed by atoms with Gasteiger partial charge < -0.3 is 20.1 Å². The average Bonchev–Trinajstić information content (AvgIpc) is 2.77. The number of aromatic hydroxyl groups is 1. The molecule has 1 unspecified atom stereocenters. The van der Waals surface area contributed by atoms with Crippen molar-refractivity contribution < 1.29 is 19.0 Å². The number of aromatic nitrogens is 2. The highest BCUT2D eigenvalue weighted by atomic mass is 32.2. The molecule has 1 aliphatic heterocycles. The van der Waals surface area contributed by atoms with Gasteiger partial charge >= 0.3 is 5.97 Å². The highest BCUT2D eigenvalue weighted by Crippen LogP contribution is 2.41. The summed E-state index contributed by atoms with van der Waals surface area (Å²) in [5, 5.41) is 13.4. The number of hydrogen-bond donors (Lipinski definition) is 3. The Labute approximate surface area is 193 Å². The lowest BCUT2D eigenvalue weighted by Crippen LogP contribution is -2.31. The number of ether oxygens (including phenoxy) is 1. The van der Waals surface area contributed by atoms with Crippen molar-refractivity contribution in [2.75, 3.05) is 11.9 Å². The minimum atomic E-state index is -0.783. The number of thioether (sulfide) groups is 1. The summed E-state index contributed by atoms with van der Waals surface area (Å²) in [5.74, 6) is -1.07. The minimum Gasteiger partial charge on any atom is -0.508 e. The normalized spacial score (nSPS) is 15.1. The molecule has 3 N–H and O–H groups in total. The van der Waals surface area contributed by atoms with Crippen LogP contribution in [-0.4, -0.2) is 27.7 Å². The predicted molar refractivity (Wildman–Crippen MR) is 124 cm³/mol. The molecule has 0 bridgehead atoms. The van der Waals surface area contributed by atoms with Crippen LogP contribution in [0.25, 0.3) is 0 Å². The summed E-state index contributed by atoms with van der Waals surface area (Å²) in [7, 11) is 0. The van der Waals surface area contributed by atoms with Gasteiger partial charge in [-0.2, -0.15) is 0 Å². The van der Waals surface area contributed by atoms with Crippen molar-refractivity contribution in [2.24, 2.45) is 0 Å². The molecule has 0 fully saturated rings. The lowest BCUT2D eigenvalue weighted by molar-refractivity contribution is -0.138. The predicted octanol–water partition coefficient (Wildman–Crippen LogP) is 4.30. The average molecular weight is 468 g/mol. The Hall–Kier alpha value is -3.59. The van der Waals surface area contributed by atoms with Gasteiger partial charge in [0.1, 0.15) is 17.4 Å². The van der Waals surface area contributed by atoms with E-state index in [2.05, 4.69) is 15.3 Å². The second-order valence-corrected chi connectivity index (χ2v) is 8.39. The number of phenolic OH excluding ortho intramolecular Hbond substituents is 1. The maximum atomic E-state index is 14.0. The van der Waals surface area contributed by atoms with Crippen LogP contribution in [0.3, 0.4) is 0 Å². The van der Waals surface area contributed by atoms with Gasteiger partial charge in [0.05, 0.1) is 23.7 Å². The van der Waals surface area contributed by atoms with Crippen LogP contribution in [0.4, 0.5) is 10.2 Å². The van der Waals surface area contributed by atoms with Crippen LogP contribution >= 0.6 is 11.8 Å². The molecule has 0 spiro atoms. The van der Waals surface area contributed by atoms with Gasteiger partial charge in [-0.3, -0.25) is 4.79 Å². The summed E-state index contributed by atoms with van der Waals surface area (Å²) in [6.45, 7) is 3.59. The Bertz CT molecular complexity index is 1300. The summed E-state index contributed by atoms with van der Waals surface area (Å²) in [6, 6.07) is 12.8. The van der Waals surface area contributed by atoms with E-state index in [0.717, 1.165) is 0 Å². The van der Waals surface area contributed by atoms with Gasteiger partial charge in [0, 0.05) is 11.4 Å². The van der Waals surface area contributed by atoms with Crippen molar-refractivity contribution >= 4 is 23.5 Å². The fourth-order valence-electron chi connectivity index (χ4n) is 3.78. The molecule has 0 aliphatic carbocycles. The number of rotatable bonds is 6. The lowest BCUT2D eigenvalue weighted by atomic mass is 9.82. The van der Waals surface area contributed by atoms with Crippen LogP contribution in [0, 0.1) is 5.82 Å². The zero-order chi connectivity index (χ0) is 23.5. The number of H-pyrrole nitrogens is 1. The van der Waals surface area contributed by atoms with Gasteiger partial charge in [0.25, 0.3) is 5.56 Å². The van der Waals surface area contributed by atoms with Crippen LogP contribution in [0.2, 0.25) is 0 Å². The second kappa shape index (κ2) is 9.50. The van der Waals surface area contributed by atoms with Crippen LogP contribution in [0.1, 0.15) is 36.5 Å². The standard InChI is InChI=1S/C24H22FN3O4S/c1-3-32-23(31)18-13(2)26-21-20(19(18)14-8-6-9-16(29)11-14)22(30)28-24(27-21)33-12-15-7-4-5-10-17(15)25/h4-11,19,29H,3,12H2,1-2H3,(H2,26,27,28,30). The van der Waals surface area contributed by atoms with E-state index in [1.807, 2.05) is 0 Å². The number of halogens is 1. The first-order valence-electron chi connectivity index (χ1n) is 10.3. The van der Waals surface area contributed by atoms with Crippen molar-refractivity contribution in [3.63, 3.8) is 0 Å². The van der Waals surface area contributed by atoms with Gasteiger partial charge in [-0.1, -0.05) is 42.1 Å². The Kier molecular flexibility index (Phi) is 6.50. The van der Waals surface area contributed by atoms with E-state index in [4.69, 9.17) is 4.74 Å². The number of anilines is 1. The fourth-order valence-corrected chi connectivity index (χ4v) is 4.63. The molecule has 3 aromatic rings. The van der Waals surface area contributed by atoms with Gasteiger partial charge in [-0.25, -0.2) is 14.2 Å². The van der Waals surface area contributed by atoms with E-state index in [0.29, 0.717) is 27.8 Å². The third kappa shape index (κ3) is 4.63. The fraction of sp³-hybridized carbons (Fsp3) is 0.208. The zero-order valence-corrected chi connectivity index (χ0v) is 18.8. The molecule has 2 heterocycles. The van der Waals surface area contributed by atoms with Crippen molar-refractivity contribution in [3.05, 3.63) is 92.7 Å². The molecule has 2 aromatic carbocycles. The molecule has 0 amide bonds. The molecule has 0 saturated heterocycles. The third-order valence-corrected chi connectivity index (χ3v) is 6.16. The number of carbonyl (C=O) groups excluding carboxylic acids is 1. The molecule has 0 saturated carbocycles. The number of aromatic amines is 1. The highest BCUT2D eigenvalue weighted by molar-refractivity contribution is 7.98. The number of benzene rings is 2. The first-order valence-corrected chi connectivity index (χ1v) is 11.3. The van der Waals surface area contributed by atoms with Crippen molar-refractivity contribution in [3.8, 4) is 5.75 Å². The zero-order valence-electron chi connectivity index (χ0n) is 18.0. The van der Waals surface area contributed by atoms with Gasteiger partial charge in [0.2, 0.25) is 0 Å². The summed E-state index contributed by atoms with van der Waals surface area (Å²) < 4.78 is 19.2. The molecule has 33 heavy (non-hydrogen) atoms. The molecule has 0 radical (unpaired) electrons. The summed E-state index contributed by atoms with van der Waals surface area (Å²) in [4.78, 5) is 33.3. The Morgan fingerprint density at radius 1 is 1.24 bits per heavy atom. The Morgan fingerprint density at radius 2 is 2.03 bits per heavy atom. The summed E-state index contributed by atoms with van der Waals surface area (Å²) in [6.07, 6.45) is 0. The van der Waals surface area contributed by atoms with Gasteiger partial charge in [-0.15, -0.1) is 0 Å². The quantitative estimate of drug-likeness (QED) is 0.282. The number of hydrogen-bond acceptors (Lipinski definition) is 7. The summed E-state index contributed by atoms with van der Waals surface area (Å²) >= 11 is 1.20. The van der Waals surface area contributed by atoms with Crippen LogP contribution < -0.4 is 10.9 Å². The minimum absolute atomic E-state index is 0.00916. The number of carbonyl (C=O) groups is 1. The van der Waals surface area contributed by atoms with Crippen LogP contribution in [0.15, 0.2) is 69.8 Å². The molecular weight excluding hydrogens is 445 g/mol. The number of esters is 1. The van der Waals surface area contributed by atoms with E-state index in [1.54, 1.807) is 44.2 Å². The molecule has 7 nitrogen and oxygen atoms in total. The van der Waals surface area contributed by atoms with Crippen molar-refractivity contribution in [1.82, 2.24) is 9.97 Å². The van der Waals surface area contributed by atoms with E-state index in [9.17, 15) is 19.1 Å². The van der Waals surface area contributed by atoms with Crippen molar-refractivity contribution in [2.45, 2.75) is 30.7 Å². The molecule has 1 aliphatic rings. The van der Waals surface area contributed by atoms with Gasteiger partial charge in [0.15, 0.2) is 5.16 Å². The molecule has 1 aromatic heterocycles. The number of nitrogens with zero attached hydrogens (tertiary/aromatic N) is 1. The van der Waals surface area contributed by atoms with E-state index < -0.39 is 17.4 Å². The monoisotopic (exact) mass is 467 g/mol. The highest BCUT2D eigenvalue weighted by Gasteiger charge is 2.36. The number of phenols is 1. The lowest BCUT2D eigenvalue weighted by Gasteiger charge is -2.28. The number of nitrogens with one attached hydrogen (secondary N) is 2. The number of fused-ring (bicyclic) bond motifs is 1. The molecule has 170 valence electrons. The second-order valence-electron chi connectivity index (χ2n) is 7.43. The topological polar surface area (TPSA) is 104 Å². The van der Waals surface area contributed by atoms with Crippen LogP contribution in [0.5, 0.6) is 5.75 Å². The van der Waals surface area contributed by atoms with Crippen LogP contribution in [-0.2, 0) is 15.3 Å². The van der Waals surface area contributed by atoms with Crippen molar-refractivity contribution in [1.29, 1.82) is 0 Å². The van der Waals surface area contributed by atoms with E-state index in [1.165, 1.54) is 30.0 Å². The largest absolute Gasteiger partial charge is 0.508 e. The Morgan fingerprint density at radius 3 is 2.76 bits per heavy atom. The van der Waals surface area contributed by atoms with E-state index in [-0.39, 0.29) is 35.1 Å². The third-order valence-electron chi connectivity index (χ3n) is 5.24. The SMILES string of the molecule is CCOC(=O)C1=C(C)Nc2nc(SCc3ccccc3F)[nH]c(=O)c2C1c1cccc(O)c1. The molecule has 4 rings (SSSR count). The molecule has 1 atom stereocenters. The van der Waals surface area contributed by atoms with Gasteiger partial charge in [-0.05, 0) is 43.2 Å². The maximum absolute atomic E-state index is 14.0. The first-order chi connectivity index (χ1) is 15.9. The van der Waals surface area contributed by atoms with E-state index >= 15 is 0 Å². The Balaban J connectivity index is 1.77. The molecular formula is C24H22FN3O4S.